The molecule has 0 amide bonds. The number of para-hydroxylation sites is 3. The summed E-state index contributed by atoms with van der Waals surface area (Å²) in [4.78, 5) is 9.44. The largest absolute Gasteiger partial charge is 0.647 e. The van der Waals surface area contributed by atoms with Crippen LogP contribution < -0.4 is 13.6 Å². The van der Waals surface area contributed by atoms with Crippen molar-refractivity contribution in [1.29, 1.82) is 0 Å². The first-order valence-electron chi connectivity index (χ1n) is 9.53. The molecule has 3 aromatic rings. The molecule has 0 N–H and O–H groups in total. The molecule has 0 heterocycles. The number of hydrogen-bond acceptors (Lipinski definition) is 5. The number of aryl methyl sites for hydroxylation is 3. The topological polar surface area (TPSA) is 61.8 Å². The Hall–Kier alpha value is -3.04. The van der Waals surface area contributed by atoms with Crippen molar-refractivity contribution in [2.24, 2.45) is 0 Å². The van der Waals surface area contributed by atoms with Crippen molar-refractivity contribution in [2.45, 2.75) is 34.6 Å². The lowest BCUT2D eigenvalue weighted by molar-refractivity contribution is -0.115. The molecule has 0 fully saturated rings. The van der Waals surface area contributed by atoms with Gasteiger partial charge in [0.2, 0.25) is 0 Å². The van der Waals surface area contributed by atoms with Crippen molar-refractivity contribution < 1.29 is 22.9 Å². The average Bonchev–Trinajstić information content (AvgIpc) is 2.67. The minimum Gasteiger partial charge on any atom is -0.386 e. The van der Waals surface area contributed by atoms with E-state index in [0.29, 0.717) is 17.2 Å². The van der Waals surface area contributed by atoms with Crippen LogP contribution >= 0.6 is 7.82 Å². The van der Waals surface area contributed by atoms with Crippen LogP contribution in [0.4, 0.5) is 0 Å². The number of hydrogen-bond donors (Lipinski definition) is 0. The standard InChI is InChI=1S/C21H21O4P.C3H6O/c1-16-10-4-7-13-19(16)23-26(22,24-20-14-8-5-11-17(20)2)25-21-15-9-6-12-18(21)3;1-3(2)4/h4-15H,1-3H3;1-2H3. The highest BCUT2D eigenvalue weighted by Crippen LogP contribution is 2.51. The molecule has 3 rings (SSSR count). The van der Waals surface area contributed by atoms with E-state index in [-0.39, 0.29) is 5.78 Å². The van der Waals surface area contributed by atoms with Crippen LogP contribution in [0.2, 0.25) is 0 Å². The van der Waals surface area contributed by atoms with Gasteiger partial charge in [0, 0.05) is 0 Å². The molecule has 0 atom stereocenters. The number of phosphoric acid groups is 1. The SMILES string of the molecule is CC(C)=O.Cc1ccccc1OP(=O)(Oc1ccccc1C)Oc1ccccc1C. The Balaban J connectivity index is 0.000000735. The van der Waals surface area contributed by atoms with Crippen LogP contribution in [0.15, 0.2) is 72.8 Å². The second-order valence-electron chi connectivity index (χ2n) is 6.93. The predicted molar refractivity (Wildman–Crippen MR) is 119 cm³/mol. The Labute approximate surface area is 178 Å². The number of phosphoric ester groups is 1. The molecule has 0 radical (unpaired) electrons. The first kappa shape index (κ1) is 23.2. The van der Waals surface area contributed by atoms with Crippen LogP contribution in [0.5, 0.6) is 17.2 Å². The van der Waals surface area contributed by atoms with Gasteiger partial charge in [-0.05, 0) is 69.5 Å². The van der Waals surface area contributed by atoms with E-state index in [0.717, 1.165) is 16.7 Å². The van der Waals surface area contributed by atoms with E-state index in [9.17, 15) is 9.36 Å². The summed E-state index contributed by atoms with van der Waals surface area (Å²) in [6, 6.07) is 22.0. The lowest BCUT2D eigenvalue weighted by Gasteiger charge is -2.21. The van der Waals surface area contributed by atoms with E-state index in [1.807, 2.05) is 75.4 Å². The summed E-state index contributed by atoms with van der Waals surface area (Å²) in [7, 11) is -3.97. The van der Waals surface area contributed by atoms with Crippen molar-refractivity contribution in [1.82, 2.24) is 0 Å². The van der Waals surface area contributed by atoms with Gasteiger partial charge in [0.15, 0.2) is 0 Å². The van der Waals surface area contributed by atoms with E-state index in [2.05, 4.69) is 0 Å². The van der Waals surface area contributed by atoms with Gasteiger partial charge in [0.25, 0.3) is 0 Å². The molecular weight excluding hydrogens is 399 g/mol. The third-order valence-electron chi connectivity index (χ3n) is 3.91. The summed E-state index contributed by atoms with van der Waals surface area (Å²) >= 11 is 0. The number of ketones is 1. The maximum atomic E-state index is 13.5. The van der Waals surface area contributed by atoms with Crippen molar-refractivity contribution >= 4 is 13.6 Å². The zero-order valence-electron chi connectivity index (χ0n) is 17.9. The smallest absolute Gasteiger partial charge is 0.386 e. The van der Waals surface area contributed by atoms with Gasteiger partial charge in [-0.25, -0.2) is 0 Å². The summed E-state index contributed by atoms with van der Waals surface area (Å²) < 4.78 is 30.8. The minimum atomic E-state index is -3.97. The van der Waals surface area contributed by atoms with Crippen LogP contribution in [0.25, 0.3) is 0 Å². The number of benzene rings is 3. The fourth-order valence-corrected chi connectivity index (χ4v) is 3.84. The maximum Gasteiger partial charge on any atom is 0.647 e. The predicted octanol–water partition coefficient (Wildman–Crippen LogP) is 6.85. The molecule has 3 aromatic carbocycles. The highest BCUT2D eigenvalue weighted by Gasteiger charge is 2.34. The van der Waals surface area contributed by atoms with Gasteiger partial charge in [0.05, 0.1) is 0 Å². The molecule has 0 aliphatic rings. The second kappa shape index (κ2) is 10.7. The van der Waals surface area contributed by atoms with Gasteiger partial charge >= 0.3 is 7.82 Å². The number of Topliss-reactive ketones (excluding diaryl/α,β-unsaturated/α-hetero) is 1. The number of rotatable bonds is 6. The fraction of sp³-hybridized carbons (Fsp3) is 0.208. The maximum absolute atomic E-state index is 13.5. The molecule has 0 spiro atoms. The normalized spacial score (nSPS) is 10.4. The highest BCUT2D eigenvalue weighted by molar-refractivity contribution is 7.49. The van der Waals surface area contributed by atoms with Gasteiger partial charge in [-0.1, -0.05) is 54.6 Å². The van der Waals surface area contributed by atoms with Crippen LogP contribution in [0.1, 0.15) is 30.5 Å². The number of carbonyl (C=O) groups excluding carboxylic acids is 1. The van der Waals surface area contributed by atoms with Gasteiger partial charge in [-0.2, -0.15) is 4.57 Å². The first-order chi connectivity index (χ1) is 14.2. The van der Waals surface area contributed by atoms with E-state index in [1.54, 1.807) is 18.2 Å². The molecule has 0 bridgehead atoms. The lowest BCUT2D eigenvalue weighted by Crippen LogP contribution is -2.09. The summed E-state index contributed by atoms with van der Waals surface area (Å²) in [5.74, 6) is 1.54. The van der Waals surface area contributed by atoms with Gasteiger partial charge in [0.1, 0.15) is 23.0 Å². The third-order valence-corrected chi connectivity index (χ3v) is 5.17. The average molecular weight is 426 g/mol. The summed E-state index contributed by atoms with van der Waals surface area (Å²) in [5.41, 5.74) is 2.53. The van der Waals surface area contributed by atoms with Gasteiger partial charge in [-0.15, -0.1) is 0 Å². The van der Waals surface area contributed by atoms with Gasteiger partial charge in [-0.3, -0.25) is 0 Å². The molecule has 0 aliphatic carbocycles. The molecule has 0 unspecified atom stereocenters. The van der Waals surface area contributed by atoms with Crippen molar-refractivity contribution in [3.05, 3.63) is 89.5 Å². The summed E-state index contributed by atoms with van der Waals surface area (Å²) in [5, 5.41) is 0. The molecule has 0 saturated carbocycles. The van der Waals surface area contributed by atoms with Crippen molar-refractivity contribution in [3.8, 4) is 17.2 Å². The Kier molecular flexibility index (Phi) is 8.25. The third kappa shape index (κ3) is 7.09. The van der Waals surface area contributed by atoms with Crippen molar-refractivity contribution in [2.75, 3.05) is 0 Å². The van der Waals surface area contributed by atoms with E-state index in [1.165, 1.54) is 13.8 Å². The first-order valence-corrected chi connectivity index (χ1v) is 11.0. The molecule has 5 nitrogen and oxygen atoms in total. The second-order valence-corrected chi connectivity index (χ2v) is 8.37. The van der Waals surface area contributed by atoms with Crippen molar-refractivity contribution in [3.63, 3.8) is 0 Å². The van der Waals surface area contributed by atoms with Gasteiger partial charge < -0.3 is 18.4 Å². The summed E-state index contributed by atoms with van der Waals surface area (Å²) in [6.07, 6.45) is 0. The van der Waals surface area contributed by atoms with E-state index < -0.39 is 7.82 Å². The minimum absolute atomic E-state index is 0.167. The Morgan fingerprint density at radius 2 is 0.833 bits per heavy atom. The molecule has 0 aromatic heterocycles. The van der Waals surface area contributed by atoms with Crippen LogP contribution in [-0.2, 0) is 9.36 Å². The fourth-order valence-electron chi connectivity index (χ4n) is 2.39. The molecule has 6 heteroatoms. The Bertz CT molecular complexity index is 919. The molecular formula is C24H27O5P. The van der Waals surface area contributed by atoms with Crippen LogP contribution in [0.3, 0.4) is 0 Å². The Morgan fingerprint density at radius 3 is 1.07 bits per heavy atom. The zero-order valence-corrected chi connectivity index (χ0v) is 18.8. The Morgan fingerprint density at radius 1 is 0.600 bits per heavy atom. The van der Waals surface area contributed by atoms with Crippen LogP contribution in [-0.4, -0.2) is 5.78 Å². The molecule has 0 aliphatic heterocycles. The zero-order chi connectivity index (χ0) is 22.1. The monoisotopic (exact) mass is 426 g/mol. The summed E-state index contributed by atoms with van der Waals surface area (Å²) in [6.45, 7) is 8.68. The molecule has 0 saturated heterocycles. The molecule has 30 heavy (non-hydrogen) atoms. The van der Waals surface area contributed by atoms with E-state index in [4.69, 9.17) is 13.6 Å². The number of carbonyl (C=O) groups is 1. The van der Waals surface area contributed by atoms with Crippen LogP contribution in [0, 0.1) is 20.8 Å². The quantitative estimate of drug-likeness (QED) is 0.403. The lowest BCUT2D eigenvalue weighted by atomic mass is 10.2. The molecule has 158 valence electrons. The highest BCUT2D eigenvalue weighted by atomic mass is 31.2. The van der Waals surface area contributed by atoms with E-state index >= 15 is 0 Å².